The SMILES string of the molecule is CC=CCCCCCCCC=CO[SiH3]. The van der Waals surface area contributed by atoms with Gasteiger partial charge in [0.05, 0.1) is 6.26 Å². The summed E-state index contributed by atoms with van der Waals surface area (Å²) in [5.74, 6) is 0. The van der Waals surface area contributed by atoms with Gasteiger partial charge in [0, 0.05) is 0 Å². The van der Waals surface area contributed by atoms with Crippen molar-refractivity contribution >= 4 is 10.5 Å². The first-order valence-electron chi connectivity index (χ1n) is 5.70. The van der Waals surface area contributed by atoms with Crippen LogP contribution >= 0.6 is 0 Å². The largest absolute Gasteiger partial charge is 0.559 e. The van der Waals surface area contributed by atoms with Crippen LogP contribution in [0.4, 0.5) is 0 Å². The zero-order valence-electron chi connectivity index (χ0n) is 9.67. The summed E-state index contributed by atoms with van der Waals surface area (Å²) in [6, 6.07) is 0. The average Bonchev–Trinajstić information content (AvgIpc) is 2.21. The molecule has 0 saturated carbocycles. The van der Waals surface area contributed by atoms with Crippen LogP contribution in [-0.2, 0) is 4.43 Å². The van der Waals surface area contributed by atoms with Crippen molar-refractivity contribution in [2.24, 2.45) is 0 Å². The molecule has 0 spiro atoms. The Morgan fingerprint density at radius 2 is 1.50 bits per heavy atom. The number of unbranched alkanes of at least 4 members (excludes halogenated alkanes) is 6. The molecule has 0 aliphatic heterocycles. The summed E-state index contributed by atoms with van der Waals surface area (Å²) in [7, 11) is 0.817. The number of hydrogen-bond donors (Lipinski definition) is 0. The van der Waals surface area contributed by atoms with Gasteiger partial charge in [-0.3, -0.25) is 0 Å². The Morgan fingerprint density at radius 3 is 2.07 bits per heavy atom. The second-order valence-corrected chi connectivity index (χ2v) is 3.99. The van der Waals surface area contributed by atoms with E-state index in [9.17, 15) is 0 Å². The zero-order valence-corrected chi connectivity index (χ0v) is 11.7. The Bertz CT molecular complexity index is 152. The summed E-state index contributed by atoms with van der Waals surface area (Å²) in [5.41, 5.74) is 0. The Kier molecular flexibility index (Phi) is 12.0. The molecular formula is C12H24OSi. The summed E-state index contributed by atoms with van der Waals surface area (Å²) < 4.78 is 4.96. The molecule has 14 heavy (non-hydrogen) atoms. The molecule has 1 nitrogen and oxygen atoms in total. The third kappa shape index (κ3) is 11.5. The first-order valence-corrected chi connectivity index (χ1v) is 6.52. The van der Waals surface area contributed by atoms with Crippen molar-refractivity contribution in [2.45, 2.75) is 51.9 Å². The van der Waals surface area contributed by atoms with Gasteiger partial charge in [-0.2, -0.15) is 0 Å². The van der Waals surface area contributed by atoms with Crippen LogP contribution in [0.5, 0.6) is 0 Å². The van der Waals surface area contributed by atoms with Gasteiger partial charge in [-0.15, -0.1) is 0 Å². The van der Waals surface area contributed by atoms with E-state index in [0.29, 0.717) is 0 Å². The zero-order chi connectivity index (χ0) is 10.5. The highest BCUT2D eigenvalue weighted by atomic mass is 28.2. The van der Waals surface area contributed by atoms with Gasteiger partial charge in [-0.05, 0) is 32.6 Å². The lowest BCUT2D eigenvalue weighted by molar-refractivity contribution is 0.529. The molecule has 0 aliphatic rings. The van der Waals surface area contributed by atoms with E-state index in [2.05, 4.69) is 25.2 Å². The number of allylic oxidation sites excluding steroid dienone is 3. The predicted molar refractivity (Wildman–Crippen MR) is 67.3 cm³/mol. The Balaban J connectivity index is 2.95. The van der Waals surface area contributed by atoms with Crippen molar-refractivity contribution < 1.29 is 4.43 Å². The van der Waals surface area contributed by atoms with Crippen LogP contribution in [0.25, 0.3) is 0 Å². The average molecular weight is 212 g/mol. The summed E-state index contributed by atoms with van der Waals surface area (Å²) in [6.07, 6.45) is 17.6. The molecule has 0 aromatic heterocycles. The Labute approximate surface area is 91.8 Å². The van der Waals surface area contributed by atoms with E-state index >= 15 is 0 Å². The van der Waals surface area contributed by atoms with Crippen molar-refractivity contribution in [3.05, 3.63) is 24.5 Å². The predicted octanol–water partition coefficient (Wildman–Crippen LogP) is 3.10. The molecule has 0 fully saturated rings. The molecule has 82 valence electrons. The standard InChI is InChI=1S/C12H24OSi/c1-2-3-4-5-6-7-8-9-10-11-12-13-14/h2-3,11-12H,4-10H2,1,14H3. The van der Waals surface area contributed by atoms with Gasteiger partial charge >= 0.3 is 0 Å². The van der Waals surface area contributed by atoms with Gasteiger partial charge in [-0.25, -0.2) is 0 Å². The maximum absolute atomic E-state index is 4.96. The minimum Gasteiger partial charge on any atom is -0.559 e. The van der Waals surface area contributed by atoms with Crippen molar-refractivity contribution in [3.63, 3.8) is 0 Å². The van der Waals surface area contributed by atoms with Crippen LogP contribution in [0, 0.1) is 0 Å². The van der Waals surface area contributed by atoms with Crippen LogP contribution in [-0.4, -0.2) is 10.5 Å². The molecule has 0 aromatic rings. The summed E-state index contributed by atoms with van der Waals surface area (Å²) in [5, 5.41) is 0. The van der Waals surface area contributed by atoms with Gasteiger partial charge in [-0.1, -0.05) is 37.5 Å². The molecule has 0 radical (unpaired) electrons. The number of rotatable bonds is 9. The van der Waals surface area contributed by atoms with Gasteiger partial charge in [0.25, 0.3) is 0 Å². The summed E-state index contributed by atoms with van der Waals surface area (Å²) in [4.78, 5) is 0. The monoisotopic (exact) mass is 212 g/mol. The topological polar surface area (TPSA) is 9.23 Å². The molecule has 0 aromatic carbocycles. The highest BCUT2D eigenvalue weighted by Gasteiger charge is 1.88. The third-order valence-corrected chi connectivity index (χ3v) is 2.48. The van der Waals surface area contributed by atoms with Crippen LogP contribution in [0.15, 0.2) is 24.5 Å². The van der Waals surface area contributed by atoms with Crippen molar-refractivity contribution in [3.8, 4) is 0 Å². The Morgan fingerprint density at radius 1 is 0.929 bits per heavy atom. The van der Waals surface area contributed by atoms with Crippen LogP contribution < -0.4 is 0 Å². The molecule has 0 aliphatic carbocycles. The van der Waals surface area contributed by atoms with Crippen LogP contribution in [0.1, 0.15) is 51.9 Å². The highest BCUT2D eigenvalue weighted by Crippen LogP contribution is 2.07. The van der Waals surface area contributed by atoms with E-state index in [0.717, 1.165) is 10.5 Å². The van der Waals surface area contributed by atoms with E-state index in [1.807, 2.05) is 6.26 Å². The maximum Gasteiger partial charge on any atom is 0.203 e. The quantitative estimate of drug-likeness (QED) is 0.247. The summed E-state index contributed by atoms with van der Waals surface area (Å²) in [6.45, 7) is 2.09. The first kappa shape index (κ1) is 13.5. The second kappa shape index (κ2) is 12.5. The molecule has 0 heterocycles. The third-order valence-electron chi connectivity index (χ3n) is 2.21. The fourth-order valence-corrected chi connectivity index (χ4v) is 1.58. The molecule has 0 unspecified atom stereocenters. The molecule has 0 atom stereocenters. The van der Waals surface area contributed by atoms with E-state index in [-0.39, 0.29) is 0 Å². The minimum absolute atomic E-state index is 0.817. The lowest BCUT2D eigenvalue weighted by atomic mass is 10.1. The van der Waals surface area contributed by atoms with E-state index in [1.54, 1.807) is 0 Å². The normalized spacial score (nSPS) is 11.8. The van der Waals surface area contributed by atoms with Crippen LogP contribution in [0.2, 0.25) is 0 Å². The van der Waals surface area contributed by atoms with Crippen molar-refractivity contribution in [2.75, 3.05) is 0 Å². The lowest BCUT2D eigenvalue weighted by Crippen LogP contribution is -1.78. The lowest BCUT2D eigenvalue weighted by Gasteiger charge is -1.97. The fourth-order valence-electron chi connectivity index (χ4n) is 1.39. The smallest absolute Gasteiger partial charge is 0.203 e. The van der Waals surface area contributed by atoms with E-state index < -0.39 is 0 Å². The maximum atomic E-state index is 4.96. The molecule has 0 saturated heterocycles. The van der Waals surface area contributed by atoms with Crippen LogP contribution in [0.3, 0.4) is 0 Å². The van der Waals surface area contributed by atoms with Gasteiger partial charge in [0.2, 0.25) is 10.5 Å². The molecule has 0 amide bonds. The van der Waals surface area contributed by atoms with E-state index in [1.165, 1.54) is 44.9 Å². The van der Waals surface area contributed by atoms with Gasteiger partial charge < -0.3 is 4.43 Å². The van der Waals surface area contributed by atoms with Crippen molar-refractivity contribution in [1.82, 2.24) is 0 Å². The van der Waals surface area contributed by atoms with E-state index in [4.69, 9.17) is 4.43 Å². The second-order valence-electron chi connectivity index (χ2n) is 3.52. The highest BCUT2D eigenvalue weighted by molar-refractivity contribution is 5.98. The van der Waals surface area contributed by atoms with Crippen molar-refractivity contribution in [1.29, 1.82) is 0 Å². The van der Waals surface area contributed by atoms with Gasteiger partial charge in [0.15, 0.2) is 0 Å². The fraction of sp³-hybridized carbons (Fsp3) is 0.667. The molecular weight excluding hydrogens is 188 g/mol. The first-order chi connectivity index (χ1) is 6.91. The molecule has 2 heteroatoms. The minimum atomic E-state index is 0.817. The molecule has 0 N–H and O–H groups in total. The molecule has 0 bridgehead atoms. The van der Waals surface area contributed by atoms with Gasteiger partial charge in [0.1, 0.15) is 0 Å². The summed E-state index contributed by atoms with van der Waals surface area (Å²) >= 11 is 0. The Hall–Kier alpha value is -0.503. The molecule has 0 rings (SSSR count). The number of hydrogen-bond acceptors (Lipinski definition) is 1.